The molecule has 2 aromatic rings. The summed E-state index contributed by atoms with van der Waals surface area (Å²) in [5, 5.41) is 6.14. The van der Waals surface area contributed by atoms with Crippen LogP contribution in [0, 0.1) is 0 Å². The maximum Gasteiger partial charge on any atom is 0.255 e. The average molecular weight is 365 g/mol. The van der Waals surface area contributed by atoms with Crippen molar-refractivity contribution in [1.82, 2.24) is 19.7 Å². The molecule has 1 aromatic heterocycles. The molecule has 0 aliphatic heterocycles. The molecule has 0 unspecified atom stereocenters. The first kappa shape index (κ1) is 16.4. The number of rotatable bonds is 4. The molecular weight excluding hydrogens is 353 g/mol. The third kappa shape index (κ3) is 3.83. The van der Waals surface area contributed by atoms with Crippen LogP contribution in [0.25, 0.3) is 5.69 Å². The van der Waals surface area contributed by atoms with Crippen LogP contribution in [0.2, 0.25) is 15.1 Å². The second-order valence-corrected chi connectivity index (χ2v) is 6.26. The highest BCUT2D eigenvalue weighted by Crippen LogP contribution is 2.34. The smallest absolute Gasteiger partial charge is 0.255 e. The van der Waals surface area contributed by atoms with Crippen molar-refractivity contribution in [1.29, 1.82) is 0 Å². The van der Waals surface area contributed by atoms with Gasteiger partial charge in [-0.3, -0.25) is 0 Å². The number of thioether (sulfide) groups is 1. The van der Waals surface area contributed by atoms with Crippen molar-refractivity contribution in [2.45, 2.75) is 5.16 Å². The van der Waals surface area contributed by atoms with E-state index in [0.717, 1.165) is 0 Å². The highest BCUT2D eigenvalue weighted by Gasteiger charge is 2.17. The lowest BCUT2D eigenvalue weighted by molar-refractivity contribution is 0.642. The summed E-state index contributed by atoms with van der Waals surface area (Å²) in [5.41, 5.74) is 0.501. The van der Waals surface area contributed by atoms with Gasteiger partial charge in [0.25, 0.3) is 5.95 Å². The van der Waals surface area contributed by atoms with Crippen LogP contribution >= 0.6 is 46.6 Å². The molecule has 0 fully saturated rings. The van der Waals surface area contributed by atoms with E-state index < -0.39 is 0 Å². The molecular formula is C12H12Cl3N5S. The first-order chi connectivity index (χ1) is 9.92. The molecule has 0 atom stereocenters. The number of hydrogen-bond donors (Lipinski definition) is 0. The minimum Gasteiger partial charge on any atom is -0.369 e. The van der Waals surface area contributed by atoms with E-state index in [1.54, 1.807) is 23.4 Å². The minimum absolute atomic E-state index is 0.381. The summed E-state index contributed by atoms with van der Waals surface area (Å²) in [5.74, 6) is 0.388. The Kier molecular flexibility index (Phi) is 5.37. The van der Waals surface area contributed by atoms with E-state index in [1.807, 2.05) is 20.4 Å². The standard InChI is InChI=1S/C12H12Cl3N5S/c1-19(2)6-16-11-17-12(21-3)18-20(11)10-8(14)4-7(13)5-9(10)15/h4-6H,1-3H3. The van der Waals surface area contributed by atoms with Crippen molar-refractivity contribution in [2.75, 3.05) is 20.4 Å². The zero-order valence-corrected chi connectivity index (χ0v) is 14.6. The van der Waals surface area contributed by atoms with E-state index in [4.69, 9.17) is 34.8 Å². The van der Waals surface area contributed by atoms with Gasteiger partial charge in [-0.2, -0.15) is 9.67 Å². The number of aliphatic imine (C=N–C) groups is 1. The Morgan fingerprint density at radius 1 is 1.24 bits per heavy atom. The normalized spacial score (nSPS) is 11.3. The summed E-state index contributed by atoms with van der Waals surface area (Å²) in [7, 11) is 3.73. The molecule has 0 saturated heterocycles. The molecule has 1 heterocycles. The summed E-state index contributed by atoms with van der Waals surface area (Å²) >= 11 is 19.8. The number of halogens is 3. The summed E-state index contributed by atoms with van der Waals surface area (Å²) < 4.78 is 1.51. The van der Waals surface area contributed by atoms with Crippen LogP contribution in [-0.2, 0) is 0 Å². The fraction of sp³-hybridized carbons (Fsp3) is 0.250. The molecule has 21 heavy (non-hydrogen) atoms. The van der Waals surface area contributed by atoms with Crippen LogP contribution < -0.4 is 0 Å². The van der Waals surface area contributed by atoms with Gasteiger partial charge in [0.2, 0.25) is 5.16 Å². The third-order valence-electron chi connectivity index (χ3n) is 2.35. The third-order valence-corrected chi connectivity index (χ3v) is 3.68. The predicted molar refractivity (Wildman–Crippen MR) is 90.0 cm³/mol. The number of hydrogen-bond acceptors (Lipinski definition) is 4. The van der Waals surface area contributed by atoms with E-state index in [1.165, 1.54) is 16.4 Å². The Hall–Kier alpha value is -0.950. The highest BCUT2D eigenvalue weighted by atomic mass is 35.5. The molecule has 0 aliphatic carbocycles. The van der Waals surface area contributed by atoms with Gasteiger partial charge in [0, 0.05) is 19.1 Å². The van der Waals surface area contributed by atoms with Crippen molar-refractivity contribution in [3.8, 4) is 5.69 Å². The van der Waals surface area contributed by atoms with E-state index in [2.05, 4.69) is 15.1 Å². The molecule has 0 spiro atoms. The predicted octanol–water partition coefficient (Wildman–Crippen LogP) is 4.17. The Balaban J connectivity index is 2.60. The zero-order chi connectivity index (χ0) is 15.6. The molecule has 0 amide bonds. The topological polar surface area (TPSA) is 46.3 Å². The van der Waals surface area contributed by atoms with E-state index in [-0.39, 0.29) is 0 Å². The Labute approximate surface area is 141 Å². The molecule has 0 N–H and O–H groups in total. The fourth-order valence-corrected chi connectivity index (χ4v) is 2.82. The van der Waals surface area contributed by atoms with Gasteiger partial charge in [-0.05, 0) is 18.4 Å². The van der Waals surface area contributed by atoms with Crippen LogP contribution in [0.3, 0.4) is 0 Å². The van der Waals surface area contributed by atoms with Gasteiger partial charge in [0.05, 0.1) is 16.4 Å². The fourth-order valence-electron chi connectivity index (χ4n) is 1.51. The molecule has 2 rings (SSSR count). The van der Waals surface area contributed by atoms with Gasteiger partial charge in [-0.1, -0.05) is 46.6 Å². The van der Waals surface area contributed by atoms with Gasteiger partial charge >= 0.3 is 0 Å². The Bertz CT molecular complexity index is 661. The molecule has 112 valence electrons. The quantitative estimate of drug-likeness (QED) is 0.464. The number of benzene rings is 1. The average Bonchev–Trinajstić information content (AvgIpc) is 2.78. The number of nitrogens with zero attached hydrogens (tertiary/aromatic N) is 5. The maximum atomic E-state index is 6.23. The molecule has 0 bridgehead atoms. The summed E-state index contributed by atoms with van der Waals surface area (Å²) in [6.45, 7) is 0. The Morgan fingerprint density at radius 3 is 2.38 bits per heavy atom. The Morgan fingerprint density at radius 2 is 1.86 bits per heavy atom. The molecule has 1 aromatic carbocycles. The van der Waals surface area contributed by atoms with Gasteiger partial charge in [0.1, 0.15) is 5.69 Å². The second kappa shape index (κ2) is 6.87. The first-order valence-corrected chi connectivity index (χ1v) is 8.15. The van der Waals surface area contributed by atoms with Crippen molar-refractivity contribution in [2.24, 2.45) is 4.99 Å². The van der Waals surface area contributed by atoms with Crippen molar-refractivity contribution >= 4 is 58.9 Å². The van der Waals surface area contributed by atoms with Gasteiger partial charge < -0.3 is 4.90 Å². The van der Waals surface area contributed by atoms with Crippen LogP contribution in [0.15, 0.2) is 22.3 Å². The minimum atomic E-state index is 0.381. The molecule has 0 aliphatic rings. The van der Waals surface area contributed by atoms with E-state index in [0.29, 0.717) is 31.9 Å². The lowest BCUT2D eigenvalue weighted by Gasteiger charge is -2.09. The van der Waals surface area contributed by atoms with Crippen molar-refractivity contribution < 1.29 is 0 Å². The van der Waals surface area contributed by atoms with Crippen LogP contribution in [0.5, 0.6) is 0 Å². The lowest BCUT2D eigenvalue weighted by atomic mass is 10.3. The summed E-state index contributed by atoms with van der Waals surface area (Å²) in [4.78, 5) is 10.4. The zero-order valence-electron chi connectivity index (χ0n) is 11.5. The monoisotopic (exact) mass is 363 g/mol. The SMILES string of the molecule is CSc1nc(N=CN(C)C)n(-c2c(Cl)cc(Cl)cc2Cl)n1. The van der Waals surface area contributed by atoms with Gasteiger partial charge in [0.15, 0.2) is 0 Å². The lowest BCUT2D eigenvalue weighted by Crippen LogP contribution is -2.08. The second-order valence-electron chi connectivity index (χ2n) is 4.24. The van der Waals surface area contributed by atoms with E-state index in [9.17, 15) is 0 Å². The molecule has 9 heteroatoms. The van der Waals surface area contributed by atoms with Gasteiger partial charge in [-0.25, -0.2) is 4.99 Å². The highest BCUT2D eigenvalue weighted by molar-refractivity contribution is 7.98. The van der Waals surface area contributed by atoms with Gasteiger partial charge in [-0.15, -0.1) is 5.10 Å². The maximum absolute atomic E-state index is 6.23. The first-order valence-electron chi connectivity index (χ1n) is 5.79. The largest absolute Gasteiger partial charge is 0.369 e. The summed E-state index contributed by atoms with van der Waals surface area (Å²) in [6, 6.07) is 3.20. The van der Waals surface area contributed by atoms with Crippen LogP contribution in [0.1, 0.15) is 0 Å². The van der Waals surface area contributed by atoms with Crippen molar-refractivity contribution in [3.63, 3.8) is 0 Å². The van der Waals surface area contributed by atoms with Crippen LogP contribution in [0.4, 0.5) is 5.95 Å². The molecule has 0 saturated carbocycles. The van der Waals surface area contributed by atoms with E-state index >= 15 is 0 Å². The van der Waals surface area contributed by atoms with Crippen LogP contribution in [-0.4, -0.2) is 46.4 Å². The number of aromatic nitrogens is 3. The van der Waals surface area contributed by atoms with Crippen molar-refractivity contribution in [3.05, 3.63) is 27.2 Å². The molecule has 5 nitrogen and oxygen atoms in total. The summed E-state index contributed by atoms with van der Waals surface area (Å²) in [6.07, 6.45) is 3.51. The molecule has 0 radical (unpaired) electrons.